The van der Waals surface area contributed by atoms with Crippen LogP contribution in [0.5, 0.6) is 0 Å². The van der Waals surface area contributed by atoms with Crippen LogP contribution in [0.3, 0.4) is 0 Å². The summed E-state index contributed by atoms with van der Waals surface area (Å²) in [5, 5.41) is 0.516. The molecule has 3 heteroatoms. The van der Waals surface area contributed by atoms with E-state index in [9.17, 15) is 0 Å². The summed E-state index contributed by atoms with van der Waals surface area (Å²) in [5.74, 6) is 0. The van der Waals surface area contributed by atoms with Crippen molar-refractivity contribution in [1.82, 2.24) is 9.97 Å². The van der Waals surface area contributed by atoms with Gasteiger partial charge in [0.2, 0.25) is 0 Å². The summed E-state index contributed by atoms with van der Waals surface area (Å²) in [6.45, 7) is 0. The van der Waals surface area contributed by atoms with Gasteiger partial charge in [-0.1, -0.05) is 17.7 Å². The molecule has 2 nitrogen and oxygen atoms in total. The van der Waals surface area contributed by atoms with Gasteiger partial charge in [0.1, 0.15) is 5.15 Å². The third-order valence-electron chi connectivity index (χ3n) is 1.59. The zero-order chi connectivity index (χ0) is 8.39. The minimum absolute atomic E-state index is 0.516. The van der Waals surface area contributed by atoms with E-state index in [0.717, 1.165) is 11.4 Å². The van der Waals surface area contributed by atoms with Crippen LogP contribution in [-0.4, -0.2) is 9.97 Å². The van der Waals surface area contributed by atoms with Gasteiger partial charge in [-0.25, -0.2) is 4.98 Å². The predicted molar refractivity (Wildman–Crippen MR) is 49.0 cm³/mol. The molecule has 0 saturated carbocycles. The Bertz CT molecular complexity index is 368. The lowest BCUT2D eigenvalue weighted by Crippen LogP contribution is -1.82. The molecule has 0 radical (unpaired) electrons. The fourth-order valence-corrected chi connectivity index (χ4v) is 1.21. The van der Waals surface area contributed by atoms with Crippen molar-refractivity contribution >= 4 is 11.6 Å². The maximum absolute atomic E-state index is 5.74. The second-order valence-electron chi connectivity index (χ2n) is 2.43. The minimum atomic E-state index is 0.516. The van der Waals surface area contributed by atoms with Gasteiger partial charge in [-0.2, -0.15) is 0 Å². The number of hydrogen-bond acceptors (Lipinski definition) is 1. The molecule has 0 fully saturated rings. The summed E-state index contributed by atoms with van der Waals surface area (Å²) in [6.07, 6.45) is 1.86. The van der Waals surface area contributed by atoms with Crippen LogP contribution in [0.4, 0.5) is 0 Å². The Morgan fingerprint density at radius 3 is 2.75 bits per heavy atom. The van der Waals surface area contributed by atoms with Crippen LogP contribution >= 0.6 is 11.6 Å². The van der Waals surface area contributed by atoms with Crippen LogP contribution < -0.4 is 0 Å². The second kappa shape index (κ2) is 2.99. The molecule has 0 atom stereocenters. The molecule has 0 amide bonds. The first-order valence-corrected chi connectivity index (χ1v) is 4.00. The van der Waals surface area contributed by atoms with Crippen LogP contribution in [0.25, 0.3) is 11.4 Å². The van der Waals surface area contributed by atoms with Crippen molar-refractivity contribution in [3.05, 3.63) is 41.7 Å². The Labute approximate surface area is 75.2 Å². The van der Waals surface area contributed by atoms with E-state index in [1.165, 1.54) is 0 Å². The number of H-pyrrole nitrogens is 1. The molecule has 60 valence electrons. The first-order valence-electron chi connectivity index (χ1n) is 3.62. The zero-order valence-corrected chi connectivity index (χ0v) is 7.05. The molecule has 2 rings (SSSR count). The fraction of sp³-hybridized carbons (Fsp3) is 0. The number of nitrogens with zero attached hydrogens (tertiary/aromatic N) is 1. The lowest BCUT2D eigenvalue weighted by atomic mass is 10.3. The summed E-state index contributed by atoms with van der Waals surface area (Å²) in [7, 11) is 0. The van der Waals surface area contributed by atoms with Gasteiger partial charge in [-0.05, 0) is 24.3 Å². The lowest BCUT2D eigenvalue weighted by molar-refractivity contribution is 1.28. The highest BCUT2D eigenvalue weighted by Crippen LogP contribution is 2.15. The standard InChI is InChI=1S/C9H7ClN2/c10-9-5-1-3-8(12-9)7-4-2-6-11-7/h1-6,11H. The van der Waals surface area contributed by atoms with Crippen LogP contribution in [0, 0.1) is 0 Å². The summed E-state index contributed by atoms with van der Waals surface area (Å²) in [5.41, 5.74) is 1.85. The molecule has 0 aliphatic carbocycles. The molecule has 2 aromatic rings. The van der Waals surface area contributed by atoms with Crippen LogP contribution in [0.2, 0.25) is 5.15 Å². The number of aromatic nitrogens is 2. The van der Waals surface area contributed by atoms with Gasteiger partial charge < -0.3 is 4.98 Å². The van der Waals surface area contributed by atoms with Crippen molar-refractivity contribution in [3.8, 4) is 11.4 Å². The largest absolute Gasteiger partial charge is 0.360 e. The summed E-state index contributed by atoms with van der Waals surface area (Å²) >= 11 is 5.74. The minimum Gasteiger partial charge on any atom is -0.360 e. The van der Waals surface area contributed by atoms with Crippen LogP contribution in [0.1, 0.15) is 0 Å². The van der Waals surface area contributed by atoms with Crippen molar-refractivity contribution in [2.75, 3.05) is 0 Å². The Morgan fingerprint density at radius 2 is 2.08 bits per heavy atom. The van der Waals surface area contributed by atoms with Crippen molar-refractivity contribution < 1.29 is 0 Å². The molecule has 0 unspecified atom stereocenters. The average molecular weight is 179 g/mol. The van der Waals surface area contributed by atoms with E-state index in [1.807, 2.05) is 30.5 Å². The second-order valence-corrected chi connectivity index (χ2v) is 2.82. The zero-order valence-electron chi connectivity index (χ0n) is 6.29. The monoisotopic (exact) mass is 178 g/mol. The molecule has 0 bridgehead atoms. The number of nitrogens with one attached hydrogen (secondary N) is 1. The van der Waals surface area contributed by atoms with E-state index in [1.54, 1.807) is 6.07 Å². The van der Waals surface area contributed by atoms with E-state index < -0.39 is 0 Å². The Kier molecular flexibility index (Phi) is 1.84. The first-order chi connectivity index (χ1) is 5.86. The normalized spacial score (nSPS) is 10.1. The third-order valence-corrected chi connectivity index (χ3v) is 1.80. The number of aromatic amines is 1. The van der Waals surface area contributed by atoms with E-state index in [-0.39, 0.29) is 0 Å². The van der Waals surface area contributed by atoms with Crippen LogP contribution in [0.15, 0.2) is 36.5 Å². The van der Waals surface area contributed by atoms with Gasteiger partial charge in [-0.3, -0.25) is 0 Å². The number of pyridine rings is 1. The van der Waals surface area contributed by atoms with Crippen molar-refractivity contribution in [2.45, 2.75) is 0 Å². The smallest absolute Gasteiger partial charge is 0.129 e. The highest BCUT2D eigenvalue weighted by atomic mass is 35.5. The van der Waals surface area contributed by atoms with E-state index in [0.29, 0.717) is 5.15 Å². The lowest BCUT2D eigenvalue weighted by Gasteiger charge is -1.96. The van der Waals surface area contributed by atoms with Gasteiger partial charge in [0.25, 0.3) is 0 Å². The highest BCUT2D eigenvalue weighted by molar-refractivity contribution is 6.29. The van der Waals surface area contributed by atoms with E-state index in [2.05, 4.69) is 9.97 Å². The average Bonchev–Trinajstić information content (AvgIpc) is 2.56. The van der Waals surface area contributed by atoms with Gasteiger partial charge in [0.15, 0.2) is 0 Å². The molecule has 0 spiro atoms. The Morgan fingerprint density at radius 1 is 1.17 bits per heavy atom. The summed E-state index contributed by atoms with van der Waals surface area (Å²) in [4.78, 5) is 7.21. The van der Waals surface area contributed by atoms with E-state index in [4.69, 9.17) is 11.6 Å². The molecule has 2 aromatic heterocycles. The molecule has 0 aliphatic rings. The molecule has 0 aromatic carbocycles. The van der Waals surface area contributed by atoms with Crippen molar-refractivity contribution in [2.24, 2.45) is 0 Å². The maximum atomic E-state index is 5.74. The number of halogens is 1. The molecule has 1 N–H and O–H groups in total. The van der Waals surface area contributed by atoms with Gasteiger partial charge in [-0.15, -0.1) is 0 Å². The Hall–Kier alpha value is -1.28. The maximum Gasteiger partial charge on any atom is 0.129 e. The van der Waals surface area contributed by atoms with Gasteiger partial charge in [0, 0.05) is 6.20 Å². The first kappa shape index (κ1) is 7.37. The van der Waals surface area contributed by atoms with Crippen molar-refractivity contribution in [3.63, 3.8) is 0 Å². The fourth-order valence-electron chi connectivity index (χ4n) is 1.05. The summed E-state index contributed by atoms with van der Waals surface area (Å²) in [6, 6.07) is 9.44. The molecule has 0 aliphatic heterocycles. The summed E-state index contributed by atoms with van der Waals surface area (Å²) < 4.78 is 0. The SMILES string of the molecule is Clc1cccc(-c2ccc[nH]2)n1. The predicted octanol–water partition coefficient (Wildman–Crippen LogP) is 2.73. The van der Waals surface area contributed by atoms with Gasteiger partial charge in [0.05, 0.1) is 11.4 Å². The quantitative estimate of drug-likeness (QED) is 0.669. The molecular weight excluding hydrogens is 172 g/mol. The van der Waals surface area contributed by atoms with Crippen LogP contribution in [-0.2, 0) is 0 Å². The molecule has 12 heavy (non-hydrogen) atoms. The Balaban J connectivity index is 2.48. The third kappa shape index (κ3) is 1.34. The van der Waals surface area contributed by atoms with Gasteiger partial charge >= 0.3 is 0 Å². The molecule has 2 heterocycles. The van der Waals surface area contributed by atoms with E-state index >= 15 is 0 Å². The molecule has 0 saturated heterocycles. The molecular formula is C9H7ClN2. The topological polar surface area (TPSA) is 28.7 Å². The number of hydrogen-bond donors (Lipinski definition) is 1. The van der Waals surface area contributed by atoms with Crippen molar-refractivity contribution in [1.29, 1.82) is 0 Å². The highest BCUT2D eigenvalue weighted by Gasteiger charge is 1.98. The number of rotatable bonds is 1.